The van der Waals surface area contributed by atoms with Crippen molar-refractivity contribution in [2.24, 2.45) is 0 Å². The van der Waals surface area contributed by atoms with Crippen molar-refractivity contribution in [3.05, 3.63) is 112 Å². The molecule has 0 unspecified atom stereocenters. The second-order valence-corrected chi connectivity index (χ2v) is 7.13. The first kappa shape index (κ1) is 21.7. The van der Waals surface area contributed by atoms with Crippen molar-refractivity contribution in [1.29, 1.82) is 0 Å². The van der Waals surface area contributed by atoms with Crippen molar-refractivity contribution < 1.29 is 19.6 Å². The number of nitro benzene ring substituents is 1. The average molecular weight is 417 g/mol. The topological polar surface area (TPSA) is 112 Å². The molecule has 7 heteroatoms. The van der Waals surface area contributed by atoms with Crippen LogP contribution in [-0.2, 0) is 9.59 Å². The molecule has 1 amide bonds. The summed E-state index contributed by atoms with van der Waals surface area (Å²) in [5.74, 6) is -1.95. The first-order valence-corrected chi connectivity index (χ1v) is 9.77. The molecule has 1 N–H and O–H groups in total. The van der Waals surface area contributed by atoms with Crippen molar-refractivity contribution in [1.82, 2.24) is 5.32 Å². The van der Waals surface area contributed by atoms with E-state index in [-0.39, 0.29) is 23.9 Å². The summed E-state index contributed by atoms with van der Waals surface area (Å²) in [6, 6.07) is 23.7. The number of benzene rings is 3. The van der Waals surface area contributed by atoms with Crippen LogP contribution in [0, 0.1) is 10.1 Å². The number of rotatable bonds is 9. The number of carboxylic acid groups (broad SMARTS) is 1. The predicted octanol–water partition coefficient (Wildman–Crippen LogP) is 3.11. The number of carbonyl (C=O) groups excluding carboxylic acids is 2. The van der Waals surface area contributed by atoms with Gasteiger partial charge in [-0.1, -0.05) is 72.8 Å². The second-order valence-electron chi connectivity index (χ2n) is 7.13. The zero-order valence-corrected chi connectivity index (χ0v) is 16.6. The molecule has 0 aliphatic rings. The maximum atomic E-state index is 12.9. The Bertz CT molecular complexity index is 1010. The smallest absolute Gasteiger partial charge is 0.269 e. The van der Waals surface area contributed by atoms with E-state index in [1.54, 1.807) is 6.07 Å². The van der Waals surface area contributed by atoms with Gasteiger partial charge in [0.25, 0.3) is 5.69 Å². The van der Waals surface area contributed by atoms with Gasteiger partial charge in [-0.05, 0) is 16.7 Å². The van der Waals surface area contributed by atoms with E-state index in [2.05, 4.69) is 5.32 Å². The quantitative estimate of drug-likeness (QED) is 0.425. The van der Waals surface area contributed by atoms with Crippen LogP contribution in [0.5, 0.6) is 0 Å². The highest BCUT2D eigenvalue weighted by Gasteiger charge is 2.22. The summed E-state index contributed by atoms with van der Waals surface area (Å²) in [4.78, 5) is 34.7. The Balaban J connectivity index is 1.84. The monoisotopic (exact) mass is 417 g/mol. The van der Waals surface area contributed by atoms with Gasteiger partial charge < -0.3 is 15.2 Å². The van der Waals surface area contributed by atoms with Gasteiger partial charge >= 0.3 is 0 Å². The van der Waals surface area contributed by atoms with Gasteiger partial charge in [0.05, 0.1) is 11.0 Å². The number of hydrogen-bond donors (Lipinski definition) is 1. The van der Waals surface area contributed by atoms with Gasteiger partial charge in [-0.25, -0.2) is 0 Å². The fourth-order valence-corrected chi connectivity index (χ4v) is 3.51. The van der Waals surface area contributed by atoms with Crippen LogP contribution >= 0.6 is 0 Å². The maximum absolute atomic E-state index is 12.9. The number of amides is 1. The fourth-order valence-electron chi connectivity index (χ4n) is 3.51. The van der Waals surface area contributed by atoms with Crippen LogP contribution in [0.4, 0.5) is 5.69 Å². The zero-order valence-electron chi connectivity index (χ0n) is 16.6. The molecule has 0 bridgehead atoms. The number of non-ortho nitro benzene ring substituents is 1. The first-order chi connectivity index (χ1) is 14.9. The number of aliphatic carboxylic acids is 1. The summed E-state index contributed by atoms with van der Waals surface area (Å²) in [6.07, 6.45) is -0.402. The molecule has 0 aliphatic heterocycles. The molecule has 0 saturated heterocycles. The summed E-state index contributed by atoms with van der Waals surface area (Å²) >= 11 is 0. The molecule has 7 nitrogen and oxygen atoms in total. The van der Waals surface area contributed by atoms with Crippen LogP contribution in [0.25, 0.3) is 0 Å². The van der Waals surface area contributed by atoms with Crippen molar-refractivity contribution in [2.45, 2.75) is 24.8 Å². The van der Waals surface area contributed by atoms with Crippen LogP contribution in [0.2, 0.25) is 0 Å². The number of nitro groups is 1. The Morgan fingerprint density at radius 2 is 1.35 bits per heavy atom. The molecular weight excluding hydrogens is 396 g/mol. The van der Waals surface area contributed by atoms with E-state index in [1.807, 2.05) is 60.7 Å². The molecular formula is C24H21N2O5-. The lowest BCUT2D eigenvalue weighted by Gasteiger charge is -2.22. The molecule has 0 spiro atoms. The molecule has 3 rings (SSSR count). The third-order valence-electron chi connectivity index (χ3n) is 4.98. The Hall–Kier alpha value is -4.00. The van der Waals surface area contributed by atoms with E-state index in [1.165, 1.54) is 18.2 Å². The number of hydrogen-bond acceptors (Lipinski definition) is 5. The third kappa shape index (κ3) is 5.99. The maximum Gasteiger partial charge on any atom is 0.269 e. The van der Waals surface area contributed by atoms with Gasteiger partial charge in [0.2, 0.25) is 5.91 Å². The molecule has 31 heavy (non-hydrogen) atoms. The lowest BCUT2D eigenvalue weighted by atomic mass is 9.88. The van der Waals surface area contributed by atoms with Crippen LogP contribution in [0.3, 0.4) is 0 Å². The Labute approximate surface area is 179 Å². The molecule has 0 heterocycles. The largest absolute Gasteiger partial charge is 0.550 e. The molecule has 0 fully saturated rings. The van der Waals surface area contributed by atoms with Crippen LogP contribution in [0.1, 0.15) is 41.5 Å². The van der Waals surface area contributed by atoms with Crippen molar-refractivity contribution in [3.8, 4) is 0 Å². The van der Waals surface area contributed by atoms with E-state index in [0.29, 0.717) is 5.56 Å². The number of nitrogens with one attached hydrogen (secondary N) is 1. The summed E-state index contributed by atoms with van der Waals surface area (Å²) in [5, 5.41) is 25.0. The van der Waals surface area contributed by atoms with E-state index >= 15 is 0 Å². The summed E-state index contributed by atoms with van der Waals surface area (Å²) in [7, 11) is 0. The minimum atomic E-state index is -1.36. The lowest BCUT2D eigenvalue weighted by molar-refractivity contribution is -0.385. The normalized spacial score (nSPS) is 11.6. The van der Waals surface area contributed by atoms with E-state index in [4.69, 9.17) is 0 Å². The Morgan fingerprint density at radius 3 is 1.87 bits per heavy atom. The molecule has 0 aliphatic carbocycles. The average Bonchev–Trinajstić information content (AvgIpc) is 2.78. The second kappa shape index (κ2) is 10.2. The Morgan fingerprint density at radius 1 is 0.806 bits per heavy atom. The molecule has 1 atom stereocenters. The Kier molecular flexibility index (Phi) is 7.11. The van der Waals surface area contributed by atoms with E-state index in [0.717, 1.165) is 11.1 Å². The highest BCUT2D eigenvalue weighted by molar-refractivity contribution is 5.79. The van der Waals surface area contributed by atoms with Gasteiger partial charge in [0.1, 0.15) is 0 Å². The molecule has 158 valence electrons. The van der Waals surface area contributed by atoms with Crippen LogP contribution < -0.4 is 10.4 Å². The van der Waals surface area contributed by atoms with Crippen molar-refractivity contribution >= 4 is 17.6 Å². The SMILES string of the molecule is O=C([O-])C[C@H](NC(=O)CC(c1ccccc1)c1ccccc1)c1cccc([N+](=O)[O-])c1. The van der Waals surface area contributed by atoms with Crippen molar-refractivity contribution in [3.63, 3.8) is 0 Å². The lowest BCUT2D eigenvalue weighted by Crippen LogP contribution is -2.34. The van der Waals surface area contributed by atoms with Gasteiger partial charge in [0, 0.05) is 36.9 Å². The van der Waals surface area contributed by atoms with Gasteiger partial charge in [-0.3, -0.25) is 14.9 Å². The third-order valence-corrected chi connectivity index (χ3v) is 4.98. The van der Waals surface area contributed by atoms with E-state index < -0.39 is 23.4 Å². The van der Waals surface area contributed by atoms with Crippen LogP contribution in [-0.4, -0.2) is 16.8 Å². The predicted molar refractivity (Wildman–Crippen MR) is 113 cm³/mol. The minimum absolute atomic E-state index is 0.0898. The highest BCUT2D eigenvalue weighted by Crippen LogP contribution is 2.29. The highest BCUT2D eigenvalue weighted by atomic mass is 16.6. The van der Waals surface area contributed by atoms with Gasteiger partial charge in [0.15, 0.2) is 0 Å². The number of nitrogens with zero attached hydrogens (tertiary/aromatic N) is 1. The van der Waals surface area contributed by atoms with Crippen molar-refractivity contribution in [2.75, 3.05) is 0 Å². The molecule has 0 radical (unpaired) electrons. The standard InChI is InChI=1S/C24H22N2O5/c27-23(15-21(17-8-3-1-4-9-17)18-10-5-2-6-11-18)25-22(16-24(28)29)19-12-7-13-20(14-19)26(30)31/h1-14,21-22H,15-16H2,(H,25,27)(H,28,29)/p-1/t22-/m0/s1. The van der Waals surface area contributed by atoms with Crippen LogP contribution in [0.15, 0.2) is 84.9 Å². The number of carbonyl (C=O) groups is 2. The first-order valence-electron chi connectivity index (χ1n) is 9.77. The summed E-state index contributed by atoms with van der Waals surface area (Å²) < 4.78 is 0. The number of carboxylic acids is 1. The summed E-state index contributed by atoms with van der Waals surface area (Å²) in [6.45, 7) is 0. The zero-order chi connectivity index (χ0) is 22.2. The molecule has 0 aromatic heterocycles. The minimum Gasteiger partial charge on any atom is -0.550 e. The summed E-state index contributed by atoms with van der Waals surface area (Å²) in [5.41, 5.74) is 2.07. The fraction of sp³-hybridized carbons (Fsp3) is 0.167. The van der Waals surface area contributed by atoms with Gasteiger partial charge in [-0.15, -0.1) is 0 Å². The van der Waals surface area contributed by atoms with Gasteiger partial charge in [-0.2, -0.15) is 0 Å². The molecule has 0 saturated carbocycles. The molecule has 3 aromatic rings. The molecule has 3 aromatic carbocycles. The van der Waals surface area contributed by atoms with E-state index in [9.17, 15) is 24.8 Å².